The summed E-state index contributed by atoms with van der Waals surface area (Å²) in [4.78, 5) is 0. The topological polar surface area (TPSA) is 3.88 Å². The van der Waals surface area contributed by atoms with Crippen molar-refractivity contribution in [3.8, 4) is 0 Å². The first-order valence-electron chi connectivity index (χ1n) is 6.05. The number of nitrogens with zero attached hydrogens (tertiary/aromatic N) is 1. The average molecular weight is 331 g/mol. The lowest BCUT2D eigenvalue weighted by Crippen LogP contribution is -2.28. The molecule has 3 heteroatoms. The zero-order chi connectivity index (χ0) is 13.2. The summed E-state index contributed by atoms with van der Waals surface area (Å²) in [6.07, 6.45) is 4.32. The maximum atomic E-state index is 3.45. The standard InChI is InChI=1S/C16H13BrNS/c1-18-14-4-2-3-5-15(14)19-16(18)11-8-12-6-9-13(17)10-7-12/h2-11H,1H3/q+1/b11-8+. The van der Waals surface area contributed by atoms with Crippen LogP contribution in [0.5, 0.6) is 0 Å². The molecular weight excluding hydrogens is 318 g/mol. The Morgan fingerprint density at radius 2 is 1.74 bits per heavy atom. The highest BCUT2D eigenvalue weighted by Gasteiger charge is 2.12. The molecule has 19 heavy (non-hydrogen) atoms. The molecule has 1 heterocycles. The molecule has 2 aromatic carbocycles. The summed E-state index contributed by atoms with van der Waals surface area (Å²) in [7, 11) is 2.11. The normalized spacial score (nSPS) is 11.5. The number of fused-ring (bicyclic) bond motifs is 1. The number of halogens is 1. The lowest BCUT2D eigenvalue weighted by atomic mass is 10.2. The van der Waals surface area contributed by atoms with Crippen LogP contribution in [0, 0.1) is 0 Å². The Morgan fingerprint density at radius 1 is 1.00 bits per heavy atom. The van der Waals surface area contributed by atoms with Gasteiger partial charge in [0, 0.05) is 16.6 Å². The summed E-state index contributed by atoms with van der Waals surface area (Å²) >= 11 is 5.26. The highest BCUT2D eigenvalue weighted by molar-refractivity contribution is 9.10. The Balaban J connectivity index is 1.97. The van der Waals surface area contributed by atoms with Crippen molar-refractivity contribution < 1.29 is 4.57 Å². The molecule has 1 nitrogen and oxygen atoms in total. The molecule has 94 valence electrons. The second-order valence-electron chi connectivity index (χ2n) is 4.35. The summed E-state index contributed by atoms with van der Waals surface area (Å²) in [5.41, 5.74) is 2.49. The molecule has 0 N–H and O–H groups in total. The van der Waals surface area contributed by atoms with Crippen LogP contribution in [0.15, 0.2) is 53.0 Å². The fourth-order valence-electron chi connectivity index (χ4n) is 2.01. The molecule has 0 spiro atoms. The van der Waals surface area contributed by atoms with Crippen molar-refractivity contribution in [1.29, 1.82) is 0 Å². The molecule has 0 radical (unpaired) electrons. The van der Waals surface area contributed by atoms with Crippen LogP contribution >= 0.6 is 27.3 Å². The molecule has 0 aliphatic heterocycles. The molecular formula is C16H13BrNS+. The summed E-state index contributed by atoms with van der Waals surface area (Å²) < 4.78 is 4.66. The van der Waals surface area contributed by atoms with Gasteiger partial charge in [-0.1, -0.05) is 51.5 Å². The number of benzene rings is 2. The van der Waals surface area contributed by atoms with E-state index in [4.69, 9.17) is 0 Å². The third-order valence-corrected chi connectivity index (χ3v) is 4.77. The molecule has 3 rings (SSSR count). The maximum absolute atomic E-state index is 3.45. The van der Waals surface area contributed by atoms with Crippen LogP contribution in [-0.4, -0.2) is 0 Å². The van der Waals surface area contributed by atoms with E-state index in [0.29, 0.717) is 0 Å². The number of hydrogen-bond acceptors (Lipinski definition) is 1. The predicted molar refractivity (Wildman–Crippen MR) is 86.1 cm³/mol. The van der Waals surface area contributed by atoms with Crippen molar-refractivity contribution in [2.24, 2.45) is 7.05 Å². The molecule has 0 bridgehead atoms. The van der Waals surface area contributed by atoms with E-state index in [1.54, 1.807) is 0 Å². The molecule has 0 aliphatic carbocycles. The summed E-state index contributed by atoms with van der Waals surface area (Å²) in [6, 6.07) is 16.8. The van der Waals surface area contributed by atoms with Crippen molar-refractivity contribution in [3.63, 3.8) is 0 Å². The van der Waals surface area contributed by atoms with E-state index in [1.165, 1.54) is 20.8 Å². The van der Waals surface area contributed by atoms with Crippen molar-refractivity contribution in [1.82, 2.24) is 0 Å². The highest BCUT2D eigenvalue weighted by Crippen LogP contribution is 2.21. The third kappa shape index (κ3) is 2.62. The van der Waals surface area contributed by atoms with Gasteiger partial charge >= 0.3 is 0 Å². The Labute approximate surface area is 125 Å². The van der Waals surface area contributed by atoms with Crippen LogP contribution in [-0.2, 0) is 7.05 Å². The lowest BCUT2D eigenvalue weighted by Gasteiger charge is -1.92. The number of hydrogen-bond donors (Lipinski definition) is 0. The zero-order valence-electron chi connectivity index (χ0n) is 10.5. The van der Waals surface area contributed by atoms with E-state index in [-0.39, 0.29) is 0 Å². The molecule has 1 aromatic heterocycles. The fourth-order valence-corrected chi connectivity index (χ4v) is 3.32. The van der Waals surface area contributed by atoms with E-state index in [0.717, 1.165) is 4.47 Å². The molecule has 0 saturated heterocycles. The van der Waals surface area contributed by atoms with Gasteiger partial charge < -0.3 is 0 Å². The quantitative estimate of drug-likeness (QED) is 0.602. The van der Waals surface area contributed by atoms with E-state index >= 15 is 0 Å². The van der Waals surface area contributed by atoms with E-state index in [9.17, 15) is 0 Å². The third-order valence-electron chi connectivity index (χ3n) is 3.06. The molecule has 0 unspecified atom stereocenters. The zero-order valence-corrected chi connectivity index (χ0v) is 12.9. The molecule has 0 aliphatic rings. The van der Waals surface area contributed by atoms with Gasteiger partial charge in [0.05, 0.1) is 0 Å². The first-order chi connectivity index (χ1) is 9.24. The van der Waals surface area contributed by atoms with Crippen molar-refractivity contribution >= 4 is 49.6 Å². The van der Waals surface area contributed by atoms with Gasteiger partial charge in [0.15, 0.2) is 0 Å². The second kappa shape index (κ2) is 5.27. The first kappa shape index (κ1) is 12.6. The average Bonchev–Trinajstić information content (AvgIpc) is 2.76. The fraction of sp³-hybridized carbons (Fsp3) is 0.0625. The van der Waals surface area contributed by atoms with E-state index in [2.05, 4.69) is 88.2 Å². The summed E-state index contributed by atoms with van der Waals surface area (Å²) in [5.74, 6) is 0. The minimum absolute atomic E-state index is 1.11. The van der Waals surface area contributed by atoms with Crippen LogP contribution in [0.2, 0.25) is 0 Å². The van der Waals surface area contributed by atoms with Gasteiger partial charge in [-0.3, -0.25) is 0 Å². The monoisotopic (exact) mass is 330 g/mol. The van der Waals surface area contributed by atoms with Crippen LogP contribution in [0.1, 0.15) is 10.6 Å². The SMILES string of the molecule is C[n+]1c(/C=C/c2ccc(Br)cc2)sc2ccccc21. The molecule has 3 aromatic rings. The van der Waals surface area contributed by atoms with Gasteiger partial charge in [0.2, 0.25) is 5.52 Å². The number of aryl methyl sites for hydroxylation is 1. The van der Waals surface area contributed by atoms with Gasteiger partial charge in [-0.05, 0) is 29.8 Å². The van der Waals surface area contributed by atoms with Crippen molar-refractivity contribution in [3.05, 3.63) is 63.6 Å². The number of para-hydroxylation sites is 1. The minimum Gasteiger partial charge on any atom is -0.185 e. The molecule has 0 saturated carbocycles. The van der Waals surface area contributed by atoms with Gasteiger partial charge in [0.25, 0.3) is 5.01 Å². The van der Waals surface area contributed by atoms with Crippen molar-refractivity contribution in [2.75, 3.05) is 0 Å². The van der Waals surface area contributed by atoms with Gasteiger partial charge in [0.1, 0.15) is 11.7 Å². The lowest BCUT2D eigenvalue weighted by molar-refractivity contribution is -0.642. The number of rotatable bonds is 2. The summed E-state index contributed by atoms with van der Waals surface area (Å²) in [5, 5.41) is 1.25. The number of aromatic nitrogens is 1. The highest BCUT2D eigenvalue weighted by atomic mass is 79.9. The largest absolute Gasteiger partial charge is 0.262 e. The Bertz CT molecular complexity index is 741. The molecule has 0 fully saturated rings. The van der Waals surface area contributed by atoms with Crippen molar-refractivity contribution in [2.45, 2.75) is 0 Å². The Kier molecular flexibility index (Phi) is 3.49. The number of thiazole rings is 1. The van der Waals surface area contributed by atoms with Crippen LogP contribution in [0.3, 0.4) is 0 Å². The molecule has 0 atom stereocenters. The van der Waals surface area contributed by atoms with Gasteiger partial charge in [-0.25, -0.2) is 0 Å². The van der Waals surface area contributed by atoms with Crippen LogP contribution < -0.4 is 4.57 Å². The first-order valence-corrected chi connectivity index (χ1v) is 7.66. The van der Waals surface area contributed by atoms with E-state index in [1.807, 2.05) is 11.3 Å². The Hall–Kier alpha value is -1.45. The Morgan fingerprint density at radius 3 is 2.47 bits per heavy atom. The van der Waals surface area contributed by atoms with Crippen LogP contribution in [0.25, 0.3) is 22.4 Å². The van der Waals surface area contributed by atoms with Gasteiger partial charge in [-0.2, -0.15) is 4.57 Å². The maximum Gasteiger partial charge on any atom is 0.262 e. The smallest absolute Gasteiger partial charge is 0.185 e. The second-order valence-corrected chi connectivity index (χ2v) is 6.33. The minimum atomic E-state index is 1.11. The van der Waals surface area contributed by atoms with Gasteiger partial charge in [-0.15, -0.1) is 0 Å². The molecule has 0 amide bonds. The van der Waals surface area contributed by atoms with E-state index < -0.39 is 0 Å². The summed E-state index contributed by atoms with van der Waals surface area (Å²) in [6.45, 7) is 0. The predicted octanol–water partition coefficient (Wildman–Crippen LogP) is 4.66. The van der Waals surface area contributed by atoms with Crippen LogP contribution in [0.4, 0.5) is 0 Å².